The van der Waals surface area contributed by atoms with Crippen molar-refractivity contribution in [2.45, 2.75) is 59.7 Å². The standard InChI is InChI=1S/3C8H11NO2.In/c3*1-2-5-9-6-3-4-7(10)8(9)11;/h3*3-4,6,10H,2,5H2,1H3;. The van der Waals surface area contributed by atoms with Crippen LogP contribution in [0.15, 0.2) is 69.4 Å². The van der Waals surface area contributed by atoms with E-state index in [9.17, 15) is 14.4 Å². The van der Waals surface area contributed by atoms with Gasteiger partial charge in [-0.15, -0.1) is 0 Å². The first-order chi connectivity index (χ1) is 15.8. The molecule has 3 heterocycles. The maximum absolute atomic E-state index is 11.1. The summed E-state index contributed by atoms with van der Waals surface area (Å²) in [6, 6.07) is 9.17. The van der Waals surface area contributed by atoms with E-state index >= 15 is 0 Å². The molecule has 0 aromatic carbocycles. The topological polar surface area (TPSA) is 127 Å². The summed E-state index contributed by atoms with van der Waals surface area (Å²) < 4.78 is 4.49. The van der Waals surface area contributed by atoms with Gasteiger partial charge in [0.15, 0.2) is 17.2 Å². The third-order valence-corrected chi connectivity index (χ3v) is 4.39. The van der Waals surface area contributed by atoms with Crippen LogP contribution in [0, 0.1) is 0 Å². The molecular formula is C24H33InN3O6. The smallest absolute Gasteiger partial charge is 0.292 e. The van der Waals surface area contributed by atoms with Gasteiger partial charge in [-0.05, 0) is 55.7 Å². The number of hydrogen-bond acceptors (Lipinski definition) is 6. The zero-order valence-electron chi connectivity index (χ0n) is 19.9. The van der Waals surface area contributed by atoms with Crippen LogP contribution < -0.4 is 16.7 Å². The summed E-state index contributed by atoms with van der Waals surface area (Å²) in [5, 5.41) is 27.0. The third-order valence-electron chi connectivity index (χ3n) is 4.39. The Morgan fingerprint density at radius 1 is 0.559 bits per heavy atom. The number of aryl methyl sites for hydroxylation is 3. The first kappa shape index (κ1) is 31.1. The number of rotatable bonds is 6. The van der Waals surface area contributed by atoms with E-state index in [2.05, 4.69) is 0 Å². The SMILES string of the molecule is CCCn1cccc(O)c1=O.CCCn1cccc(O)c1=O.CCCn1cccc(O)c1=O.[In]. The fourth-order valence-corrected chi connectivity index (χ4v) is 2.82. The Hall–Kier alpha value is -2.88. The van der Waals surface area contributed by atoms with Gasteiger partial charge >= 0.3 is 0 Å². The molecule has 0 aliphatic carbocycles. The molecule has 3 aromatic heterocycles. The van der Waals surface area contributed by atoms with Crippen LogP contribution in [0.3, 0.4) is 0 Å². The average Bonchev–Trinajstić information content (AvgIpc) is 2.79. The molecule has 9 nitrogen and oxygen atoms in total. The molecule has 0 bridgehead atoms. The summed E-state index contributed by atoms with van der Waals surface area (Å²) in [6.07, 6.45) is 7.69. The van der Waals surface area contributed by atoms with Gasteiger partial charge in [-0.1, -0.05) is 20.8 Å². The molecule has 0 saturated heterocycles. The number of nitrogens with zero attached hydrogens (tertiary/aromatic N) is 3. The molecule has 0 unspecified atom stereocenters. The second-order valence-corrected chi connectivity index (χ2v) is 7.18. The van der Waals surface area contributed by atoms with Crippen LogP contribution in [0.5, 0.6) is 17.2 Å². The molecule has 0 aliphatic rings. The zero-order valence-corrected chi connectivity index (χ0v) is 23.2. The van der Waals surface area contributed by atoms with Gasteiger partial charge in [0.25, 0.3) is 16.7 Å². The Balaban J connectivity index is 0.000000473. The average molecular weight is 574 g/mol. The van der Waals surface area contributed by atoms with Crippen molar-refractivity contribution in [2.75, 3.05) is 0 Å². The van der Waals surface area contributed by atoms with Crippen LogP contribution in [-0.2, 0) is 19.6 Å². The molecule has 3 aromatic rings. The summed E-state index contributed by atoms with van der Waals surface area (Å²) in [7, 11) is 0. The van der Waals surface area contributed by atoms with E-state index in [0.717, 1.165) is 19.3 Å². The van der Waals surface area contributed by atoms with Gasteiger partial charge in [0.2, 0.25) is 0 Å². The van der Waals surface area contributed by atoms with Crippen molar-refractivity contribution in [1.29, 1.82) is 0 Å². The van der Waals surface area contributed by atoms with E-state index in [0.29, 0.717) is 19.6 Å². The first-order valence-corrected chi connectivity index (χ1v) is 10.9. The Morgan fingerprint density at radius 2 is 0.794 bits per heavy atom. The summed E-state index contributed by atoms with van der Waals surface area (Å²) in [6.45, 7) is 7.93. The van der Waals surface area contributed by atoms with Gasteiger partial charge in [0.1, 0.15) is 0 Å². The van der Waals surface area contributed by atoms with Crippen molar-refractivity contribution in [1.82, 2.24) is 13.7 Å². The molecule has 0 fully saturated rings. The predicted molar refractivity (Wildman–Crippen MR) is 134 cm³/mol. The van der Waals surface area contributed by atoms with Crippen LogP contribution >= 0.6 is 0 Å². The van der Waals surface area contributed by atoms with Crippen LogP contribution in [0.1, 0.15) is 40.0 Å². The number of aromatic nitrogens is 3. The van der Waals surface area contributed by atoms with Gasteiger partial charge < -0.3 is 29.0 Å². The van der Waals surface area contributed by atoms with Crippen LogP contribution in [0.4, 0.5) is 0 Å². The quantitative estimate of drug-likeness (QED) is 0.416. The minimum atomic E-state index is -0.311. The molecule has 3 radical (unpaired) electrons. The van der Waals surface area contributed by atoms with Crippen LogP contribution in [0.25, 0.3) is 0 Å². The number of pyridine rings is 3. The summed E-state index contributed by atoms with van der Waals surface area (Å²) in [4.78, 5) is 33.2. The molecular weight excluding hydrogens is 541 g/mol. The second kappa shape index (κ2) is 16.7. The van der Waals surface area contributed by atoms with E-state index in [1.165, 1.54) is 31.9 Å². The molecule has 10 heteroatoms. The maximum Gasteiger partial charge on any atom is 0.292 e. The number of aromatic hydroxyl groups is 3. The van der Waals surface area contributed by atoms with Crippen molar-refractivity contribution >= 4 is 25.8 Å². The fourth-order valence-electron chi connectivity index (χ4n) is 2.82. The van der Waals surface area contributed by atoms with E-state index < -0.39 is 0 Å². The normalized spacial score (nSPS) is 9.62. The third kappa shape index (κ3) is 9.94. The predicted octanol–water partition coefficient (Wildman–Crippen LogP) is 2.51. The fraction of sp³-hybridized carbons (Fsp3) is 0.375. The summed E-state index contributed by atoms with van der Waals surface area (Å²) in [5.41, 5.74) is -0.932. The summed E-state index contributed by atoms with van der Waals surface area (Å²) >= 11 is 0. The molecule has 0 aliphatic heterocycles. The molecule has 0 spiro atoms. The van der Waals surface area contributed by atoms with Gasteiger partial charge in [-0.2, -0.15) is 0 Å². The minimum Gasteiger partial charge on any atom is -0.503 e. The largest absolute Gasteiger partial charge is 0.503 e. The van der Waals surface area contributed by atoms with E-state index in [1.807, 2.05) is 20.8 Å². The van der Waals surface area contributed by atoms with Crippen molar-refractivity contribution in [3.8, 4) is 17.2 Å². The van der Waals surface area contributed by atoms with Gasteiger partial charge in [0, 0.05) is 64.1 Å². The van der Waals surface area contributed by atoms with Gasteiger partial charge in [-0.3, -0.25) is 14.4 Å². The second-order valence-electron chi connectivity index (χ2n) is 7.18. The van der Waals surface area contributed by atoms with Crippen LogP contribution in [-0.4, -0.2) is 54.9 Å². The van der Waals surface area contributed by atoms with Crippen molar-refractivity contribution in [2.24, 2.45) is 0 Å². The molecule has 34 heavy (non-hydrogen) atoms. The zero-order chi connectivity index (χ0) is 24.8. The van der Waals surface area contributed by atoms with E-state index in [-0.39, 0.29) is 59.8 Å². The van der Waals surface area contributed by atoms with Crippen molar-refractivity contribution in [3.05, 3.63) is 86.1 Å². The van der Waals surface area contributed by atoms with Gasteiger partial charge in [-0.25, -0.2) is 0 Å². The molecule has 3 N–H and O–H groups in total. The molecule has 0 saturated carbocycles. The summed E-state index contributed by atoms with van der Waals surface area (Å²) in [5.74, 6) is -0.539. The number of hydrogen-bond donors (Lipinski definition) is 3. The van der Waals surface area contributed by atoms with Crippen molar-refractivity contribution in [3.63, 3.8) is 0 Å². The Labute approximate surface area is 217 Å². The van der Waals surface area contributed by atoms with E-state index in [1.54, 1.807) is 36.8 Å². The monoisotopic (exact) mass is 574 g/mol. The van der Waals surface area contributed by atoms with Crippen molar-refractivity contribution < 1.29 is 15.3 Å². The first-order valence-electron chi connectivity index (χ1n) is 10.9. The Morgan fingerprint density at radius 3 is 1.00 bits per heavy atom. The Kier molecular flexibility index (Phi) is 15.3. The molecule has 0 atom stereocenters. The molecule has 183 valence electrons. The van der Waals surface area contributed by atoms with Crippen LogP contribution in [0.2, 0.25) is 0 Å². The minimum absolute atomic E-state index is 0. The maximum atomic E-state index is 11.1. The molecule has 3 rings (SSSR count). The van der Waals surface area contributed by atoms with E-state index in [4.69, 9.17) is 15.3 Å². The molecule has 0 amide bonds. The Bertz CT molecular complexity index is 1020. The van der Waals surface area contributed by atoms with Gasteiger partial charge in [0.05, 0.1) is 0 Å².